The second-order valence-corrected chi connectivity index (χ2v) is 7.43. The fraction of sp³-hybridized carbons (Fsp3) is 0.125. The second kappa shape index (κ2) is 9.38. The summed E-state index contributed by atoms with van der Waals surface area (Å²) in [7, 11) is 0. The lowest BCUT2D eigenvalue weighted by atomic mass is 10.1. The summed E-state index contributed by atoms with van der Waals surface area (Å²) in [4.78, 5) is 4.65. The predicted octanol–water partition coefficient (Wildman–Crippen LogP) is 7.08. The Bertz CT molecular complexity index is 1010. The van der Waals surface area contributed by atoms with Crippen LogP contribution in [0.3, 0.4) is 0 Å². The number of aliphatic imine (C=N–C) groups is 1. The van der Waals surface area contributed by atoms with E-state index < -0.39 is 0 Å². The van der Waals surface area contributed by atoms with Gasteiger partial charge >= 0.3 is 0 Å². The molecular weight excluding hydrogens is 414 g/mol. The fourth-order valence-corrected chi connectivity index (χ4v) is 2.76. The van der Waals surface area contributed by atoms with Gasteiger partial charge in [0.2, 0.25) is 5.90 Å². The molecule has 28 heavy (non-hydrogen) atoms. The van der Waals surface area contributed by atoms with Crippen molar-refractivity contribution in [3.05, 3.63) is 100 Å². The standard InChI is InChI=1S/C24H22BrNO2/c1-17-5-4-6-23(15-17)28-24(26-21-10-7-18(2)19(3)16-21)13-14-27-22-11-8-20(25)9-12-22/h4-16H,1-3H3. The summed E-state index contributed by atoms with van der Waals surface area (Å²) in [6, 6.07) is 21.6. The van der Waals surface area contributed by atoms with Crippen LogP contribution in [0.2, 0.25) is 0 Å². The number of rotatable bonds is 5. The zero-order valence-corrected chi connectivity index (χ0v) is 17.7. The highest BCUT2D eigenvalue weighted by Gasteiger charge is 2.03. The van der Waals surface area contributed by atoms with Gasteiger partial charge in [-0.1, -0.05) is 34.1 Å². The molecule has 0 heterocycles. The van der Waals surface area contributed by atoms with E-state index in [1.165, 1.54) is 11.1 Å². The summed E-state index contributed by atoms with van der Waals surface area (Å²) in [5, 5.41) is 0. The number of hydrogen-bond donors (Lipinski definition) is 0. The molecule has 0 spiro atoms. The highest BCUT2D eigenvalue weighted by atomic mass is 79.9. The Kier molecular flexibility index (Phi) is 6.66. The van der Waals surface area contributed by atoms with Crippen LogP contribution in [0.1, 0.15) is 16.7 Å². The van der Waals surface area contributed by atoms with Crippen molar-refractivity contribution >= 4 is 27.5 Å². The zero-order valence-electron chi connectivity index (χ0n) is 16.1. The molecule has 0 aliphatic rings. The molecule has 0 fully saturated rings. The second-order valence-electron chi connectivity index (χ2n) is 6.51. The summed E-state index contributed by atoms with van der Waals surface area (Å²) >= 11 is 3.41. The minimum atomic E-state index is 0.450. The first-order valence-corrected chi connectivity index (χ1v) is 9.78. The third kappa shape index (κ3) is 5.83. The molecule has 3 aromatic carbocycles. The molecule has 3 aromatic rings. The first-order chi connectivity index (χ1) is 13.5. The number of benzene rings is 3. The van der Waals surface area contributed by atoms with Crippen LogP contribution in [0, 0.1) is 20.8 Å². The van der Waals surface area contributed by atoms with Crippen molar-refractivity contribution in [3.63, 3.8) is 0 Å². The van der Waals surface area contributed by atoms with Crippen molar-refractivity contribution in [2.24, 2.45) is 4.99 Å². The van der Waals surface area contributed by atoms with Gasteiger partial charge in [-0.2, -0.15) is 0 Å². The van der Waals surface area contributed by atoms with Crippen LogP contribution in [0.25, 0.3) is 0 Å². The van der Waals surface area contributed by atoms with Gasteiger partial charge in [0.15, 0.2) is 0 Å². The zero-order chi connectivity index (χ0) is 19.9. The molecule has 0 aliphatic heterocycles. The van der Waals surface area contributed by atoms with Crippen molar-refractivity contribution in [2.45, 2.75) is 20.8 Å². The van der Waals surface area contributed by atoms with Crippen LogP contribution in [0.4, 0.5) is 5.69 Å². The average Bonchev–Trinajstić information content (AvgIpc) is 2.66. The molecule has 0 saturated carbocycles. The van der Waals surface area contributed by atoms with Crippen molar-refractivity contribution < 1.29 is 9.47 Å². The first kappa shape index (κ1) is 19.9. The Morgan fingerprint density at radius 3 is 2.36 bits per heavy atom. The van der Waals surface area contributed by atoms with Gasteiger partial charge in [0.05, 0.1) is 11.9 Å². The monoisotopic (exact) mass is 435 g/mol. The highest BCUT2D eigenvalue weighted by molar-refractivity contribution is 9.10. The summed E-state index contributed by atoms with van der Waals surface area (Å²) in [6.45, 7) is 6.18. The molecule has 0 aliphatic carbocycles. The molecule has 0 aromatic heterocycles. The fourth-order valence-electron chi connectivity index (χ4n) is 2.50. The number of nitrogens with zero attached hydrogens (tertiary/aromatic N) is 1. The molecule has 142 valence electrons. The topological polar surface area (TPSA) is 30.8 Å². The first-order valence-electron chi connectivity index (χ1n) is 8.99. The van der Waals surface area contributed by atoms with Crippen LogP contribution in [-0.2, 0) is 0 Å². The summed E-state index contributed by atoms with van der Waals surface area (Å²) < 4.78 is 12.7. The minimum Gasteiger partial charge on any atom is -0.465 e. The van der Waals surface area contributed by atoms with Gasteiger partial charge < -0.3 is 9.47 Å². The number of ether oxygens (including phenoxy) is 2. The van der Waals surface area contributed by atoms with E-state index >= 15 is 0 Å². The van der Waals surface area contributed by atoms with Crippen molar-refractivity contribution in [2.75, 3.05) is 0 Å². The maximum absolute atomic E-state index is 6.00. The molecule has 4 heteroatoms. The van der Waals surface area contributed by atoms with E-state index in [4.69, 9.17) is 9.47 Å². The van der Waals surface area contributed by atoms with E-state index in [0.717, 1.165) is 27.2 Å². The van der Waals surface area contributed by atoms with Crippen molar-refractivity contribution in [1.29, 1.82) is 0 Å². The molecule has 0 unspecified atom stereocenters. The Morgan fingerprint density at radius 1 is 0.857 bits per heavy atom. The van der Waals surface area contributed by atoms with E-state index in [2.05, 4.69) is 40.8 Å². The lowest BCUT2D eigenvalue weighted by Gasteiger charge is -2.08. The van der Waals surface area contributed by atoms with Crippen LogP contribution in [0.5, 0.6) is 11.5 Å². The van der Waals surface area contributed by atoms with Gasteiger partial charge in [0.1, 0.15) is 11.5 Å². The van der Waals surface area contributed by atoms with Crippen molar-refractivity contribution in [1.82, 2.24) is 0 Å². The molecule has 0 saturated heterocycles. The van der Waals surface area contributed by atoms with Gasteiger partial charge in [-0.3, -0.25) is 0 Å². The lowest BCUT2D eigenvalue weighted by molar-refractivity contribution is 0.478. The SMILES string of the molecule is Cc1cccc(OC(C=COc2ccc(Br)cc2)=Nc2ccc(C)c(C)c2)c1. The van der Waals surface area contributed by atoms with Crippen LogP contribution < -0.4 is 9.47 Å². The smallest absolute Gasteiger partial charge is 0.222 e. The van der Waals surface area contributed by atoms with E-state index in [9.17, 15) is 0 Å². The van der Waals surface area contributed by atoms with Gasteiger partial charge in [0.25, 0.3) is 0 Å². The van der Waals surface area contributed by atoms with Crippen LogP contribution in [0.15, 0.2) is 88.5 Å². The molecule has 0 radical (unpaired) electrons. The normalized spacial score (nSPS) is 11.6. The molecule has 0 N–H and O–H groups in total. The molecule has 3 nitrogen and oxygen atoms in total. The van der Waals surface area contributed by atoms with E-state index in [1.54, 1.807) is 12.3 Å². The van der Waals surface area contributed by atoms with Gasteiger partial charge in [-0.25, -0.2) is 4.99 Å². The van der Waals surface area contributed by atoms with Crippen LogP contribution >= 0.6 is 15.9 Å². The number of halogens is 1. The third-order valence-corrected chi connectivity index (χ3v) is 4.70. The van der Waals surface area contributed by atoms with Gasteiger partial charge in [-0.05, 0) is 86.0 Å². The van der Waals surface area contributed by atoms with E-state index in [-0.39, 0.29) is 0 Å². The van der Waals surface area contributed by atoms with Gasteiger partial charge in [0, 0.05) is 10.5 Å². The summed E-state index contributed by atoms with van der Waals surface area (Å²) in [5.41, 5.74) is 4.37. The van der Waals surface area contributed by atoms with Crippen molar-refractivity contribution in [3.8, 4) is 11.5 Å². The molecule has 0 amide bonds. The van der Waals surface area contributed by atoms with E-state index in [0.29, 0.717) is 5.90 Å². The van der Waals surface area contributed by atoms with Gasteiger partial charge in [-0.15, -0.1) is 0 Å². The largest absolute Gasteiger partial charge is 0.465 e. The summed E-state index contributed by atoms with van der Waals surface area (Å²) in [6.07, 6.45) is 3.30. The Hall–Kier alpha value is -2.85. The summed E-state index contributed by atoms with van der Waals surface area (Å²) in [5.74, 6) is 1.92. The van der Waals surface area contributed by atoms with Crippen LogP contribution in [-0.4, -0.2) is 5.90 Å². The lowest BCUT2D eigenvalue weighted by Crippen LogP contribution is -2.05. The Labute approximate surface area is 174 Å². The predicted molar refractivity (Wildman–Crippen MR) is 119 cm³/mol. The highest BCUT2D eigenvalue weighted by Crippen LogP contribution is 2.20. The minimum absolute atomic E-state index is 0.450. The number of aryl methyl sites for hydroxylation is 3. The van der Waals surface area contributed by atoms with E-state index in [1.807, 2.05) is 67.6 Å². The third-order valence-electron chi connectivity index (χ3n) is 4.17. The maximum Gasteiger partial charge on any atom is 0.222 e. The Balaban J connectivity index is 1.84. The number of hydrogen-bond acceptors (Lipinski definition) is 3. The average molecular weight is 436 g/mol. The molecule has 0 atom stereocenters. The Morgan fingerprint density at radius 2 is 1.64 bits per heavy atom. The molecular formula is C24H22BrNO2. The molecule has 3 rings (SSSR count). The maximum atomic E-state index is 6.00. The quantitative estimate of drug-likeness (QED) is 0.243. The molecule has 0 bridgehead atoms.